The first-order valence-electron chi connectivity index (χ1n) is 5.70. The van der Waals surface area contributed by atoms with Crippen molar-refractivity contribution in [1.29, 1.82) is 0 Å². The van der Waals surface area contributed by atoms with Crippen LogP contribution in [0.5, 0.6) is 0 Å². The van der Waals surface area contributed by atoms with Gasteiger partial charge in [-0.3, -0.25) is 5.84 Å². The summed E-state index contributed by atoms with van der Waals surface area (Å²) in [5.41, 5.74) is 4.61. The summed E-state index contributed by atoms with van der Waals surface area (Å²) in [6, 6.07) is 8.75. The van der Waals surface area contributed by atoms with Gasteiger partial charge in [0, 0.05) is 5.56 Å². The molecule has 0 amide bonds. The van der Waals surface area contributed by atoms with Crippen molar-refractivity contribution in [2.24, 2.45) is 5.84 Å². The minimum atomic E-state index is -0.531. The van der Waals surface area contributed by atoms with E-state index in [-0.39, 0.29) is 11.6 Å². The molecular weight excluding hydrogens is 314 g/mol. The second-order valence-corrected chi connectivity index (χ2v) is 5.15. The molecule has 0 aromatic heterocycles. The second kappa shape index (κ2) is 5.77. The third kappa shape index (κ3) is 3.00. The molecule has 2 nitrogen and oxygen atoms in total. The maximum absolute atomic E-state index is 13.9. The topological polar surface area (TPSA) is 38.0 Å². The maximum atomic E-state index is 13.9. The number of benzene rings is 2. The zero-order chi connectivity index (χ0) is 14.0. The number of nitrogens with one attached hydrogen (secondary N) is 1. The normalized spacial score (nSPS) is 12.5. The summed E-state index contributed by atoms with van der Waals surface area (Å²) in [6.45, 7) is 1.87. The number of rotatable bonds is 3. The van der Waals surface area contributed by atoms with Crippen LogP contribution in [0.3, 0.4) is 0 Å². The van der Waals surface area contributed by atoms with Gasteiger partial charge in [0.1, 0.15) is 11.6 Å². The van der Waals surface area contributed by atoms with Crippen molar-refractivity contribution in [1.82, 2.24) is 5.43 Å². The van der Waals surface area contributed by atoms with Crippen LogP contribution in [0.15, 0.2) is 40.9 Å². The Balaban J connectivity index is 2.49. The number of hydrogen-bond acceptors (Lipinski definition) is 2. The lowest BCUT2D eigenvalue weighted by atomic mass is 9.97. The van der Waals surface area contributed by atoms with Gasteiger partial charge in [0.15, 0.2) is 0 Å². The summed E-state index contributed by atoms with van der Waals surface area (Å²) < 4.78 is 27.4. The molecule has 19 heavy (non-hydrogen) atoms. The molecule has 5 heteroatoms. The number of halogens is 3. The van der Waals surface area contributed by atoms with E-state index < -0.39 is 6.04 Å². The predicted molar refractivity (Wildman–Crippen MR) is 74.4 cm³/mol. The number of nitrogens with two attached hydrogens (primary N) is 1. The highest BCUT2D eigenvalue weighted by Crippen LogP contribution is 2.27. The van der Waals surface area contributed by atoms with E-state index in [4.69, 9.17) is 5.84 Å². The molecule has 0 aliphatic rings. The van der Waals surface area contributed by atoms with Crippen LogP contribution in [0.2, 0.25) is 0 Å². The largest absolute Gasteiger partial charge is 0.271 e. The minimum Gasteiger partial charge on any atom is -0.271 e. The van der Waals surface area contributed by atoms with Crippen molar-refractivity contribution < 1.29 is 8.78 Å². The van der Waals surface area contributed by atoms with Crippen molar-refractivity contribution in [3.63, 3.8) is 0 Å². The molecule has 0 saturated heterocycles. The van der Waals surface area contributed by atoms with Gasteiger partial charge in [-0.25, -0.2) is 14.2 Å². The summed E-state index contributed by atoms with van der Waals surface area (Å²) in [4.78, 5) is 0. The molecular formula is C14H13BrF2N2. The third-order valence-corrected chi connectivity index (χ3v) is 3.51. The Kier molecular flexibility index (Phi) is 4.29. The van der Waals surface area contributed by atoms with Gasteiger partial charge in [-0.15, -0.1) is 0 Å². The highest BCUT2D eigenvalue weighted by Gasteiger charge is 2.17. The molecule has 2 aromatic rings. The average Bonchev–Trinajstić information content (AvgIpc) is 2.38. The third-order valence-electron chi connectivity index (χ3n) is 2.91. The molecule has 100 valence electrons. The first kappa shape index (κ1) is 14.1. The molecule has 1 unspecified atom stereocenters. The molecule has 1 atom stereocenters. The molecule has 2 rings (SSSR count). The molecule has 3 N–H and O–H groups in total. The van der Waals surface area contributed by atoms with Crippen LogP contribution in [0.1, 0.15) is 22.7 Å². The molecule has 0 aliphatic carbocycles. The summed E-state index contributed by atoms with van der Waals surface area (Å²) in [5.74, 6) is 4.79. The van der Waals surface area contributed by atoms with Crippen molar-refractivity contribution in [2.45, 2.75) is 13.0 Å². The fraction of sp³-hybridized carbons (Fsp3) is 0.143. The Bertz CT molecular complexity index is 602. The molecule has 0 spiro atoms. The van der Waals surface area contributed by atoms with Gasteiger partial charge in [-0.1, -0.05) is 23.8 Å². The van der Waals surface area contributed by atoms with Gasteiger partial charge >= 0.3 is 0 Å². The molecule has 0 fully saturated rings. The van der Waals surface area contributed by atoms with Gasteiger partial charge in [0.25, 0.3) is 0 Å². The fourth-order valence-corrected chi connectivity index (χ4v) is 2.34. The molecule has 2 aromatic carbocycles. The zero-order valence-corrected chi connectivity index (χ0v) is 11.8. The van der Waals surface area contributed by atoms with E-state index in [1.54, 1.807) is 24.3 Å². The van der Waals surface area contributed by atoms with Crippen LogP contribution in [-0.4, -0.2) is 0 Å². The maximum Gasteiger partial charge on any atom is 0.137 e. The molecule has 0 saturated carbocycles. The number of hydrazine groups is 1. The van der Waals surface area contributed by atoms with Crippen LogP contribution >= 0.6 is 15.9 Å². The average molecular weight is 327 g/mol. The van der Waals surface area contributed by atoms with E-state index in [0.717, 1.165) is 5.56 Å². The fourth-order valence-electron chi connectivity index (χ4n) is 1.94. The van der Waals surface area contributed by atoms with E-state index in [1.807, 2.05) is 6.92 Å². The Hall–Kier alpha value is -1.30. The molecule has 0 aliphatic heterocycles. The van der Waals surface area contributed by atoms with Gasteiger partial charge in [-0.05, 0) is 46.6 Å². The van der Waals surface area contributed by atoms with Crippen LogP contribution in [0.25, 0.3) is 0 Å². The lowest BCUT2D eigenvalue weighted by Gasteiger charge is -2.18. The van der Waals surface area contributed by atoms with Gasteiger partial charge < -0.3 is 0 Å². The summed E-state index contributed by atoms with van der Waals surface area (Å²) in [6.07, 6.45) is 0. The monoisotopic (exact) mass is 326 g/mol. The first-order chi connectivity index (χ1) is 9.02. The van der Waals surface area contributed by atoms with E-state index in [0.29, 0.717) is 15.6 Å². The van der Waals surface area contributed by atoms with Crippen LogP contribution < -0.4 is 11.3 Å². The van der Waals surface area contributed by atoms with E-state index >= 15 is 0 Å². The van der Waals surface area contributed by atoms with Gasteiger partial charge in [0.2, 0.25) is 0 Å². The smallest absolute Gasteiger partial charge is 0.137 e. The van der Waals surface area contributed by atoms with Crippen LogP contribution in [-0.2, 0) is 0 Å². The van der Waals surface area contributed by atoms with Crippen molar-refractivity contribution in [3.05, 3.63) is 69.2 Å². The van der Waals surface area contributed by atoms with Crippen molar-refractivity contribution in [3.8, 4) is 0 Å². The first-order valence-corrected chi connectivity index (χ1v) is 6.49. The SMILES string of the molecule is Cc1ccc(F)c(C(NN)c2ccc(F)c(Br)c2)c1. The quantitative estimate of drug-likeness (QED) is 0.668. The predicted octanol–water partition coefficient (Wildman–Crippen LogP) is 3.59. The van der Waals surface area contributed by atoms with Crippen LogP contribution in [0, 0.1) is 18.6 Å². The van der Waals surface area contributed by atoms with E-state index in [1.165, 1.54) is 12.1 Å². The summed E-state index contributed by atoms with van der Waals surface area (Å²) >= 11 is 3.11. The molecule has 0 bridgehead atoms. The van der Waals surface area contributed by atoms with Crippen LogP contribution in [0.4, 0.5) is 8.78 Å². The van der Waals surface area contributed by atoms with E-state index in [9.17, 15) is 8.78 Å². The second-order valence-electron chi connectivity index (χ2n) is 4.30. The number of aryl methyl sites for hydroxylation is 1. The minimum absolute atomic E-state index is 0.318. The van der Waals surface area contributed by atoms with Crippen molar-refractivity contribution >= 4 is 15.9 Å². The Morgan fingerprint density at radius 3 is 2.42 bits per heavy atom. The summed E-state index contributed by atoms with van der Waals surface area (Å²) in [5, 5.41) is 0. The Morgan fingerprint density at radius 2 is 1.79 bits per heavy atom. The van der Waals surface area contributed by atoms with Gasteiger partial charge in [0.05, 0.1) is 10.5 Å². The Labute approximate surface area is 118 Å². The molecule has 0 heterocycles. The highest BCUT2D eigenvalue weighted by atomic mass is 79.9. The zero-order valence-electron chi connectivity index (χ0n) is 10.3. The van der Waals surface area contributed by atoms with E-state index in [2.05, 4.69) is 21.4 Å². The number of hydrogen-bond donors (Lipinski definition) is 2. The Morgan fingerprint density at radius 1 is 1.11 bits per heavy atom. The lowest BCUT2D eigenvalue weighted by Crippen LogP contribution is -2.29. The summed E-state index contributed by atoms with van der Waals surface area (Å²) in [7, 11) is 0. The van der Waals surface area contributed by atoms with Crippen molar-refractivity contribution in [2.75, 3.05) is 0 Å². The standard InChI is InChI=1S/C14H13BrF2N2/c1-8-2-4-12(16)10(6-8)14(19-18)9-3-5-13(17)11(15)7-9/h2-7,14,19H,18H2,1H3. The van der Waals surface area contributed by atoms with Gasteiger partial charge in [-0.2, -0.15) is 0 Å². The highest BCUT2D eigenvalue weighted by molar-refractivity contribution is 9.10. The lowest BCUT2D eigenvalue weighted by molar-refractivity contribution is 0.557. The molecule has 0 radical (unpaired) electrons.